The number of ether oxygens (including phenoxy) is 1. The molecule has 0 N–H and O–H groups in total. The van der Waals surface area contributed by atoms with Crippen molar-refractivity contribution in [1.29, 1.82) is 0 Å². The molecular weight excluding hydrogens is 483 g/mol. The molecule has 126 valence electrons. The van der Waals surface area contributed by atoms with Crippen molar-refractivity contribution in [1.82, 2.24) is 0 Å². The third kappa shape index (κ3) is 4.77. The van der Waals surface area contributed by atoms with Gasteiger partial charge in [-0.1, -0.05) is 0 Å². The third-order valence-electron chi connectivity index (χ3n) is 4.98. The van der Waals surface area contributed by atoms with E-state index in [-0.39, 0.29) is 15.6 Å². The van der Waals surface area contributed by atoms with E-state index in [2.05, 4.69) is 38.4 Å². The van der Waals surface area contributed by atoms with Gasteiger partial charge in [0.25, 0.3) is 0 Å². The molecule has 1 saturated carbocycles. The molecule has 1 aliphatic heterocycles. The van der Waals surface area contributed by atoms with E-state index in [0.717, 1.165) is 27.6 Å². The Hall–Kier alpha value is -0.454. The Bertz CT molecular complexity index is 525. The molecule has 2 aliphatic rings. The molecule has 2 atom stereocenters. The molecule has 0 spiro atoms. The first-order valence-electron chi connectivity index (χ1n) is 8.76. The molecule has 1 aromatic carbocycles. The van der Waals surface area contributed by atoms with E-state index in [0.29, 0.717) is 0 Å². The van der Waals surface area contributed by atoms with E-state index in [1.165, 1.54) is 31.2 Å². The number of benzene rings is 1. The van der Waals surface area contributed by atoms with Crippen molar-refractivity contribution in [2.75, 3.05) is 27.2 Å². The molecule has 2 unspecified atom stereocenters. The van der Waals surface area contributed by atoms with Crippen LogP contribution < -0.4 is 0 Å². The molecular formula is C19H28NO2Po+. The van der Waals surface area contributed by atoms with Crippen LogP contribution in [0.15, 0.2) is 30.3 Å². The van der Waals surface area contributed by atoms with E-state index in [1.54, 1.807) is 0 Å². The zero-order chi connectivity index (χ0) is 16.3. The molecule has 1 saturated heterocycles. The van der Waals surface area contributed by atoms with E-state index < -0.39 is 23.6 Å². The summed E-state index contributed by atoms with van der Waals surface area (Å²) in [5.74, 6) is 0.0694. The van der Waals surface area contributed by atoms with Crippen LogP contribution in [0.4, 0.5) is 0 Å². The number of carbonyl (C=O) groups is 1. The van der Waals surface area contributed by atoms with Crippen molar-refractivity contribution in [3.63, 3.8) is 0 Å². The number of likely N-dealkylation sites (tertiary alicyclic amines) is 1. The molecule has 23 heavy (non-hydrogen) atoms. The summed E-state index contributed by atoms with van der Waals surface area (Å²) in [5, 5.41) is 0. The molecule has 3 nitrogen and oxygen atoms in total. The van der Waals surface area contributed by atoms with Crippen molar-refractivity contribution in [3.8, 4) is 0 Å². The van der Waals surface area contributed by atoms with Crippen LogP contribution in [0.2, 0.25) is 3.58 Å². The van der Waals surface area contributed by atoms with Gasteiger partial charge in [-0.15, -0.1) is 0 Å². The quantitative estimate of drug-likeness (QED) is 0.449. The van der Waals surface area contributed by atoms with Gasteiger partial charge in [-0.3, -0.25) is 0 Å². The summed E-state index contributed by atoms with van der Waals surface area (Å²) in [4.78, 5) is 12.9. The zero-order valence-corrected chi connectivity index (χ0v) is 17.4. The Morgan fingerprint density at radius 3 is 2.48 bits per heavy atom. The number of hydrogen-bond acceptors (Lipinski definition) is 2. The number of carbonyl (C=O) groups excluding carboxylic acids is 1. The molecule has 0 bridgehead atoms. The fourth-order valence-electron chi connectivity index (χ4n) is 3.66. The Labute approximate surface area is 151 Å². The molecule has 1 heterocycles. The van der Waals surface area contributed by atoms with Crippen molar-refractivity contribution < 1.29 is 14.0 Å². The van der Waals surface area contributed by atoms with Gasteiger partial charge in [-0.2, -0.15) is 0 Å². The molecule has 1 aliphatic carbocycles. The first-order chi connectivity index (χ1) is 11.0. The maximum absolute atomic E-state index is 12.9. The van der Waals surface area contributed by atoms with E-state index >= 15 is 0 Å². The number of quaternary nitrogens is 1. The van der Waals surface area contributed by atoms with Crippen LogP contribution in [0, 0.1) is 0 Å². The topological polar surface area (TPSA) is 26.3 Å². The van der Waals surface area contributed by atoms with Crippen LogP contribution in [0.25, 0.3) is 0 Å². The van der Waals surface area contributed by atoms with Crippen molar-refractivity contribution in [3.05, 3.63) is 35.9 Å². The first-order valence-corrected chi connectivity index (χ1v) is 12.4. The molecule has 0 amide bonds. The van der Waals surface area contributed by atoms with Gasteiger partial charge in [0.2, 0.25) is 0 Å². The van der Waals surface area contributed by atoms with Crippen LogP contribution in [0.3, 0.4) is 0 Å². The molecule has 2 fully saturated rings. The van der Waals surface area contributed by atoms with E-state index in [4.69, 9.17) is 4.74 Å². The number of nitrogens with zero attached hydrogens (tertiary/aromatic N) is 1. The standard InChI is InChI=1S/C14H19NO2.C5H9.Po/c1-15(2)9-8-13(11-15)17-14(16)10-12-6-4-3-5-7-12;1-2-4-5-3-1;/h3-7,10,13H,8-9,11H2,1-2H3;1H,2-5H2;/q+1;;. The predicted molar refractivity (Wildman–Crippen MR) is 93.5 cm³/mol. The normalized spacial score (nSPS) is 25.4. The van der Waals surface area contributed by atoms with Crippen molar-refractivity contribution >= 4 is 29.5 Å². The Kier molecular flexibility index (Phi) is 5.76. The average Bonchev–Trinajstić information content (AvgIpc) is 3.15. The van der Waals surface area contributed by atoms with Crippen LogP contribution in [0.5, 0.6) is 0 Å². The second-order valence-corrected chi connectivity index (χ2v) is 13.0. The Balaban J connectivity index is 1.68. The summed E-state index contributed by atoms with van der Waals surface area (Å²) in [7, 11) is 4.44. The molecule has 0 radical (unpaired) electrons. The van der Waals surface area contributed by atoms with Gasteiger partial charge in [-0.05, 0) is 0 Å². The van der Waals surface area contributed by atoms with Gasteiger partial charge in [0.1, 0.15) is 0 Å². The second kappa shape index (κ2) is 7.62. The number of esters is 1. The summed E-state index contributed by atoms with van der Waals surface area (Å²) in [6, 6.07) is 10.4. The number of likely N-dealkylation sites (N-methyl/N-ethyl adjacent to an activating group) is 1. The predicted octanol–water partition coefficient (Wildman–Crippen LogP) is 3.19. The van der Waals surface area contributed by atoms with Gasteiger partial charge in [0.05, 0.1) is 0 Å². The summed E-state index contributed by atoms with van der Waals surface area (Å²) in [6.45, 7) is 2.07. The average molecular weight is 511 g/mol. The van der Waals surface area contributed by atoms with Gasteiger partial charge < -0.3 is 0 Å². The summed E-state index contributed by atoms with van der Waals surface area (Å²) in [5.41, 5.74) is 1.20. The van der Waals surface area contributed by atoms with Crippen LogP contribution in [-0.2, 0) is 9.53 Å². The Morgan fingerprint density at radius 2 is 1.87 bits per heavy atom. The van der Waals surface area contributed by atoms with E-state index in [1.807, 2.05) is 6.07 Å². The summed E-state index contributed by atoms with van der Waals surface area (Å²) < 4.78 is 7.86. The minimum atomic E-state index is -0.778. The number of hydrogen-bond donors (Lipinski definition) is 0. The molecule has 4 heteroatoms. The fraction of sp³-hybridized carbons (Fsp3) is 0.632. The SMILES string of the molecule is C[N+]1(C)CCC(OC(=O)[CH]([Po][CH]2CCCC2)c2ccccc2)C1. The maximum atomic E-state index is 12.9. The van der Waals surface area contributed by atoms with Gasteiger partial charge >= 0.3 is 152 Å². The van der Waals surface area contributed by atoms with Gasteiger partial charge in [-0.25, -0.2) is 0 Å². The van der Waals surface area contributed by atoms with Crippen LogP contribution >= 0.6 is 0 Å². The van der Waals surface area contributed by atoms with E-state index in [9.17, 15) is 4.79 Å². The van der Waals surface area contributed by atoms with Crippen LogP contribution in [-0.4, -0.2) is 67.3 Å². The third-order valence-corrected chi connectivity index (χ3v) is 11.2. The zero-order valence-electron chi connectivity index (χ0n) is 14.2. The monoisotopic (exact) mass is 511 g/mol. The van der Waals surface area contributed by atoms with Crippen LogP contribution in [0.1, 0.15) is 41.2 Å². The van der Waals surface area contributed by atoms with Crippen molar-refractivity contribution in [2.45, 2.75) is 45.4 Å². The van der Waals surface area contributed by atoms with Gasteiger partial charge in [0.15, 0.2) is 0 Å². The number of rotatable bonds is 5. The minimum absolute atomic E-state index is 0.0694. The van der Waals surface area contributed by atoms with Gasteiger partial charge in [0, 0.05) is 0 Å². The second-order valence-electron chi connectivity index (χ2n) is 7.52. The fourth-order valence-corrected chi connectivity index (χ4v) is 9.38. The molecule has 3 rings (SSSR count). The molecule has 0 aromatic heterocycles. The summed E-state index contributed by atoms with van der Waals surface area (Å²) >= 11 is -0.778. The first kappa shape index (κ1) is 17.4. The molecule has 1 aromatic rings. The van der Waals surface area contributed by atoms with Crippen molar-refractivity contribution in [2.24, 2.45) is 0 Å². The Morgan fingerprint density at radius 1 is 1.17 bits per heavy atom. The summed E-state index contributed by atoms with van der Waals surface area (Å²) in [6.07, 6.45) is 6.52.